The molecule has 1 N–H and O–H groups in total. The average Bonchev–Trinajstić information content (AvgIpc) is 2.58. The Balaban J connectivity index is 1.97. The Morgan fingerprint density at radius 2 is 1.92 bits per heavy atom. The summed E-state index contributed by atoms with van der Waals surface area (Å²) in [6.07, 6.45) is 3.75. The highest BCUT2D eigenvalue weighted by molar-refractivity contribution is 5.49. The zero-order valence-electron chi connectivity index (χ0n) is 16.3. The molecule has 1 fully saturated rings. The average molecular weight is 347 g/mol. The monoisotopic (exact) mass is 347 g/mol. The molecular weight excluding hydrogens is 314 g/mol. The molecule has 140 valence electrons. The maximum Gasteiger partial charge on any atom is 0.161 e. The third-order valence-corrected chi connectivity index (χ3v) is 6.13. The number of methoxy groups -OCH3 is 2. The van der Waals surface area contributed by atoms with Crippen LogP contribution in [-0.2, 0) is 6.42 Å². The van der Waals surface area contributed by atoms with Crippen LogP contribution in [0.2, 0.25) is 0 Å². The summed E-state index contributed by atoms with van der Waals surface area (Å²) in [6.45, 7) is 8.67. The number of hydrogen-bond acceptors (Lipinski definition) is 4. The molecule has 0 bridgehead atoms. The first-order chi connectivity index (χ1) is 11.9. The summed E-state index contributed by atoms with van der Waals surface area (Å²) in [5, 5.41) is 11.5. The summed E-state index contributed by atoms with van der Waals surface area (Å²) < 4.78 is 11.0. The molecule has 1 aromatic rings. The minimum atomic E-state index is -0.578. The van der Waals surface area contributed by atoms with Crippen molar-refractivity contribution in [3.05, 3.63) is 23.3 Å². The molecule has 4 heteroatoms. The molecule has 0 aliphatic carbocycles. The van der Waals surface area contributed by atoms with Crippen molar-refractivity contribution >= 4 is 0 Å². The number of benzene rings is 1. The van der Waals surface area contributed by atoms with Gasteiger partial charge in [0.1, 0.15) is 0 Å². The molecule has 3 rings (SSSR count). The first-order valence-corrected chi connectivity index (χ1v) is 9.63. The van der Waals surface area contributed by atoms with Crippen LogP contribution in [0.3, 0.4) is 0 Å². The number of ether oxygens (including phenoxy) is 2. The fourth-order valence-corrected chi connectivity index (χ4v) is 4.96. The molecule has 1 saturated heterocycles. The molecule has 0 aromatic heterocycles. The van der Waals surface area contributed by atoms with Crippen molar-refractivity contribution in [3.8, 4) is 11.5 Å². The lowest BCUT2D eigenvalue weighted by atomic mass is 9.69. The van der Waals surface area contributed by atoms with Gasteiger partial charge in [0.15, 0.2) is 11.5 Å². The highest BCUT2D eigenvalue weighted by Crippen LogP contribution is 2.48. The predicted molar refractivity (Wildman–Crippen MR) is 100 cm³/mol. The van der Waals surface area contributed by atoms with Crippen molar-refractivity contribution < 1.29 is 14.6 Å². The molecule has 3 atom stereocenters. The van der Waals surface area contributed by atoms with E-state index < -0.39 is 5.60 Å². The third kappa shape index (κ3) is 3.39. The second kappa shape index (κ2) is 7.16. The van der Waals surface area contributed by atoms with Gasteiger partial charge < -0.3 is 14.6 Å². The van der Waals surface area contributed by atoms with E-state index in [1.165, 1.54) is 11.1 Å². The molecule has 0 radical (unpaired) electrons. The van der Waals surface area contributed by atoms with E-state index in [9.17, 15) is 5.11 Å². The highest BCUT2D eigenvalue weighted by atomic mass is 16.5. The zero-order chi connectivity index (χ0) is 18.2. The summed E-state index contributed by atoms with van der Waals surface area (Å²) >= 11 is 0. The van der Waals surface area contributed by atoms with Crippen LogP contribution < -0.4 is 9.47 Å². The molecule has 0 amide bonds. The number of piperidine rings is 1. The summed E-state index contributed by atoms with van der Waals surface area (Å²) in [6, 6.07) is 4.53. The van der Waals surface area contributed by atoms with Crippen LogP contribution in [0.15, 0.2) is 12.1 Å². The molecule has 2 aliphatic rings. The van der Waals surface area contributed by atoms with Crippen LogP contribution in [0.1, 0.15) is 57.2 Å². The van der Waals surface area contributed by atoms with Crippen LogP contribution in [0, 0.1) is 11.8 Å². The van der Waals surface area contributed by atoms with Crippen LogP contribution in [0.4, 0.5) is 0 Å². The van der Waals surface area contributed by atoms with Gasteiger partial charge in [0, 0.05) is 25.0 Å². The Bertz CT molecular complexity index is 615. The standard InChI is InChI=1S/C21H33NO3/c1-6-16-13-22-8-7-15-9-19(24-4)20(25-5)10-17(15)18(22)12-21(16,23)11-14(2)3/h9-10,14,16,18,23H,6-8,11-13H2,1-5H3. The lowest BCUT2D eigenvalue weighted by Gasteiger charge is -2.52. The van der Waals surface area contributed by atoms with Gasteiger partial charge in [-0.25, -0.2) is 0 Å². The van der Waals surface area contributed by atoms with E-state index in [-0.39, 0.29) is 6.04 Å². The molecule has 4 nitrogen and oxygen atoms in total. The van der Waals surface area contributed by atoms with Crippen molar-refractivity contribution in [3.63, 3.8) is 0 Å². The van der Waals surface area contributed by atoms with Gasteiger partial charge in [-0.1, -0.05) is 20.8 Å². The second-order valence-corrected chi connectivity index (χ2v) is 8.18. The van der Waals surface area contributed by atoms with Crippen molar-refractivity contribution in [2.45, 2.75) is 58.1 Å². The van der Waals surface area contributed by atoms with Crippen molar-refractivity contribution in [2.24, 2.45) is 11.8 Å². The van der Waals surface area contributed by atoms with Crippen molar-refractivity contribution in [1.29, 1.82) is 0 Å². The zero-order valence-corrected chi connectivity index (χ0v) is 16.3. The van der Waals surface area contributed by atoms with Crippen molar-refractivity contribution in [2.75, 3.05) is 27.3 Å². The van der Waals surface area contributed by atoms with Crippen LogP contribution >= 0.6 is 0 Å². The molecule has 2 aliphatic heterocycles. The van der Waals surface area contributed by atoms with Gasteiger partial charge in [0.25, 0.3) is 0 Å². The van der Waals surface area contributed by atoms with Crippen LogP contribution in [0.5, 0.6) is 11.5 Å². The Morgan fingerprint density at radius 3 is 2.52 bits per heavy atom. The fraction of sp³-hybridized carbons (Fsp3) is 0.714. The smallest absolute Gasteiger partial charge is 0.161 e. The molecular formula is C21H33NO3. The Morgan fingerprint density at radius 1 is 1.24 bits per heavy atom. The van der Waals surface area contributed by atoms with E-state index in [0.29, 0.717) is 11.8 Å². The summed E-state index contributed by atoms with van der Waals surface area (Å²) in [4.78, 5) is 2.57. The summed E-state index contributed by atoms with van der Waals surface area (Å²) in [7, 11) is 3.38. The Kier molecular flexibility index (Phi) is 5.31. The molecule has 0 saturated carbocycles. The fourth-order valence-electron chi connectivity index (χ4n) is 4.96. The lowest BCUT2D eigenvalue weighted by Crippen LogP contribution is -2.55. The molecule has 3 unspecified atom stereocenters. The first kappa shape index (κ1) is 18.5. The van der Waals surface area contributed by atoms with E-state index in [2.05, 4.69) is 37.8 Å². The van der Waals surface area contributed by atoms with Gasteiger partial charge in [-0.3, -0.25) is 4.90 Å². The van der Waals surface area contributed by atoms with Crippen LogP contribution in [0.25, 0.3) is 0 Å². The van der Waals surface area contributed by atoms with E-state index in [0.717, 1.165) is 50.3 Å². The minimum Gasteiger partial charge on any atom is -0.493 e. The first-order valence-electron chi connectivity index (χ1n) is 9.63. The molecule has 25 heavy (non-hydrogen) atoms. The van der Waals surface area contributed by atoms with Crippen molar-refractivity contribution in [1.82, 2.24) is 4.90 Å². The quantitative estimate of drug-likeness (QED) is 0.879. The van der Waals surface area contributed by atoms with Crippen LogP contribution in [-0.4, -0.2) is 42.9 Å². The second-order valence-electron chi connectivity index (χ2n) is 8.18. The minimum absolute atomic E-state index is 0.273. The Labute approximate surface area is 152 Å². The van der Waals surface area contributed by atoms with Gasteiger partial charge in [-0.2, -0.15) is 0 Å². The van der Waals surface area contributed by atoms with Gasteiger partial charge in [0.2, 0.25) is 0 Å². The number of hydrogen-bond donors (Lipinski definition) is 1. The number of fused-ring (bicyclic) bond motifs is 3. The van der Waals surface area contributed by atoms with Gasteiger partial charge in [-0.15, -0.1) is 0 Å². The van der Waals surface area contributed by atoms with Gasteiger partial charge in [0.05, 0.1) is 19.8 Å². The van der Waals surface area contributed by atoms with E-state index in [4.69, 9.17) is 9.47 Å². The Hall–Kier alpha value is -1.26. The number of nitrogens with zero attached hydrogens (tertiary/aromatic N) is 1. The topological polar surface area (TPSA) is 41.9 Å². The largest absolute Gasteiger partial charge is 0.493 e. The number of rotatable bonds is 5. The molecule has 1 aromatic carbocycles. The highest BCUT2D eigenvalue weighted by Gasteiger charge is 2.47. The predicted octanol–water partition coefficient (Wildman–Crippen LogP) is 3.81. The van der Waals surface area contributed by atoms with E-state index >= 15 is 0 Å². The summed E-state index contributed by atoms with van der Waals surface area (Å²) in [5.74, 6) is 2.44. The normalized spacial score (nSPS) is 29.2. The molecule has 0 spiro atoms. The third-order valence-electron chi connectivity index (χ3n) is 6.13. The van der Waals surface area contributed by atoms with Gasteiger partial charge in [-0.05, 0) is 54.9 Å². The maximum absolute atomic E-state index is 11.5. The maximum atomic E-state index is 11.5. The van der Waals surface area contributed by atoms with Gasteiger partial charge >= 0.3 is 0 Å². The SMILES string of the molecule is CCC1CN2CCc3cc(OC)c(OC)cc3C2CC1(O)CC(C)C. The molecule has 2 heterocycles. The van der Waals surface area contributed by atoms with E-state index in [1.54, 1.807) is 14.2 Å². The number of aliphatic hydroxyl groups is 1. The van der Waals surface area contributed by atoms with E-state index in [1.807, 2.05) is 0 Å². The lowest BCUT2D eigenvalue weighted by molar-refractivity contribution is -0.110. The summed E-state index contributed by atoms with van der Waals surface area (Å²) in [5.41, 5.74) is 2.06.